The number of hydrogen-bond donors (Lipinski definition) is 1. The molecule has 0 amide bonds. The Morgan fingerprint density at radius 1 is 1.36 bits per heavy atom. The van der Waals surface area contributed by atoms with Crippen molar-refractivity contribution in [2.75, 3.05) is 20.2 Å². The van der Waals surface area contributed by atoms with Crippen LogP contribution < -0.4 is 0 Å². The van der Waals surface area contributed by atoms with E-state index in [4.69, 9.17) is 4.74 Å². The molecule has 3 fully saturated rings. The third kappa shape index (κ3) is 2.20. The maximum absolute atomic E-state index is 11.9. The number of methoxy groups -OCH3 is 1. The first kappa shape index (κ1) is 15.4. The lowest BCUT2D eigenvalue weighted by Crippen LogP contribution is -2.56. The number of rotatable bonds is 2. The highest BCUT2D eigenvalue weighted by molar-refractivity contribution is 5.96. The summed E-state index contributed by atoms with van der Waals surface area (Å²) in [5.41, 5.74) is 4.71. The molecule has 4 heterocycles. The van der Waals surface area contributed by atoms with Gasteiger partial charge in [0.1, 0.15) is 0 Å². The van der Waals surface area contributed by atoms with Crippen molar-refractivity contribution in [3.63, 3.8) is 0 Å². The van der Waals surface area contributed by atoms with Gasteiger partial charge in [0.2, 0.25) is 0 Å². The highest BCUT2D eigenvalue weighted by Gasteiger charge is 2.48. The molecule has 5 atom stereocenters. The molecule has 3 aliphatic heterocycles. The fraction of sp³-hybridized carbons (Fsp3) is 0.571. The van der Waals surface area contributed by atoms with Crippen molar-refractivity contribution in [1.82, 2.24) is 9.88 Å². The third-order valence-corrected chi connectivity index (χ3v) is 6.94. The Morgan fingerprint density at radius 2 is 2.24 bits per heavy atom. The Hall–Kier alpha value is -1.81. The second-order valence-corrected chi connectivity index (χ2v) is 8.12. The van der Waals surface area contributed by atoms with Gasteiger partial charge in [0.05, 0.1) is 12.7 Å². The van der Waals surface area contributed by atoms with Crippen LogP contribution in [0.2, 0.25) is 0 Å². The second kappa shape index (κ2) is 5.60. The number of fused-ring (bicyclic) bond motifs is 4. The fourth-order valence-electron chi connectivity index (χ4n) is 5.94. The van der Waals surface area contributed by atoms with Gasteiger partial charge in [0, 0.05) is 41.6 Å². The first-order valence-electron chi connectivity index (χ1n) is 9.66. The van der Waals surface area contributed by atoms with Gasteiger partial charge in [-0.2, -0.15) is 0 Å². The Bertz CT molecular complexity index is 840. The van der Waals surface area contributed by atoms with Gasteiger partial charge in [0.25, 0.3) is 0 Å². The van der Waals surface area contributed by atoms with Crippen molar-refractivity contribution < 1.29 is 9.53 Å². The zero-order valence-corrected chi connectivity index (χ0v) is 15.0. The van der Waals surface area contributed by atoms with E-state index in [0.29, 0.717) is 17.5 Å². The monoisotopic (exact) mass is 338 g/mol. The summed E-state index contributed by atoms with van der Waals surface area (Å²) < 4.78 is 4.91. The number of nitrogens with one attached hydrogen (secondary N) is 1. The molecule has 1 aromatic heterocycles. The molecule has 0 spiro atoms. The summed E-state index contributed by atoms with van der Waals surface area (Å²) in [5, 5.41) is 1.22. The molecule has 1 saturated carbocycles. The van der Waals surface area contributed by atoms with Gasteiger partial charge in [-0.3, -0.25) is 4.90 Å². The topological polar surface area (TPSA) is 45.3 Å². The van der Waals surface area contributed by atoms with Gasteiger partial charge in [-0.25, -0.2) is 4.79 Å². The van der Waals surface area contributed by atoms with Crippen LogP contribution in [-0.2, 0) is 11.2 Å². The molecule has 6 rings (SSSR count). The van der Waals surface area contributed by atoms with Crippen LogP contribution in [0.25, 0.3) is 10.9 Å². The molecule has 4 bridgehead atoms. The van der Waals surface area contributed by atoms with Crippen LogP contribution >= 0.6 is 0 Å². The Morgan fingerprint density at radius 3 is 3.04 bits per heavy atom. The molecule has 2 saturated heterocycles. The predicted octanol–water partition coefficient (Wildman–Crippen LogP) is 3.71. The summed E-state index contributed by atoms with van der Waals surface area (Å²) in [6.45, 7) is 4.79. The average Bonchev–Trinajstić information content (AvgIpc) is 2.98. The Labute approximate surface area is 148 Å². The minimum Gasteiger partial charge on any atom is -0.465 e. The van der Waals surface area contributed by atoms with Crippen LogP contribution in [0.1, 0.15) is 53.7 Å². The molecule has 4 aliphatic rings. The average molecular weight is 338 g/mol. The Balaban J connectivity index is 1.64. The van der Waals surface area contributed by atoms with Crippen molar-refractivity contribution in [2.45, 2.75) is 44.6 Å². The summed E-state index contributed by atoms with van der Waals surface area (Å²) in [6, 6.07) is 6.64. The van der Waals surface area contributed by atoms with Crippen LogP contribution in [-0.4, -0.2) is 42.1 Å². The Kier molecular flexibility index (Phi) is 3.46. The molecule has 2 aromatic rings. The summed E-state index contributed by atoms with van der Waals surface area (Å²) in [6.07, 6.45) is 5.10. The van der Waals surface area contributed by atoms with Crippen molar-refractivity contribution in [3.05, 3.63) is 35.0 Å². The number of carbonyl (C=O) groups excluding carboxylic acids is 1. The minimum atomic E-state index is -0.252. The van der Waals surface area contributed by atoms with Crippen molar-refractivity contribution in [2.24, 2.45) is 11.8 Å². The largest absolute Gasteiger partial charge is 0.465 e. The number of ether oxygens (including phenoxy) is 1. The van der Waals surface area contributed by atoms with E-state index in [1.165, 1.54) is 55.1 Å². The lowest BCUT2D eigenvalue weighted by Gasteiger charge is -2.53. The van der Waals surface area contributed by atoms with Gasteiger partial charge in [-0.05, 0) is 54.9 Å². The molecular weight excluding hydrogens is 312 g/mol. The summed E-state index contributed by atoms with van der Waals surface area (Å²) in [5.74, 6) is 2.06. The van der Waals surface area contributed by atoms with Crippen molar-refractivity contribution in [3.8, 4) is 0 Å². The van der Waals surface area contributed by atoms with E-state index in [9.17, 15) is 4.79 Å². The number of H-pyrrole nitrogens is 1. The lowest BCUT2D eigenvalue weighted by molar-refractivity contribution is -0.0134. The molecule has 4 nitrogen and oxygen atoms in total. The van der Waals surface area contributed by atoms with E-state index in [2.05, 4.69) is 16.8 Å². The van der Waals surface area contributed by atoms with Crippen LogP contribution in [0.5, 0.6) is 0 Å². The van der Waals surface area contributed by atoms with Gasteiger partial charge >= 0.3 is 5.97 Å². The number of esters is 1. The number of aromatic amines is 1. The number of nitrogens with zero attached hydrogens (tertiary/aromatic N) is 1. The van der Waals surface area contributed by atoms with Gasteiger partial charge in [-0.15, -0.1) is 0 Å². The number of aromatic nitrogens is 1. The van der Waals surface area contributed by atoms with Gasteiger partial charge < -0.3 is 9.72 Å². The normalized spacial score (nSPS) is 33.1. The first-order chi connectivity index (χ1) is 12.2. The standard InChI is InChI=1S/C21H26N2O2/c1-3-13-8-12-9-17-19-15(6-7-23(11-12)20(13)17)16-10-14(21(24)25-2)4-5-18(16)22-19/h4-5,10,12-13,17,20,22H,3,6-9,11H2,1-2H3/t12-,13-,17-,20?/m0/s1. The maximum Gasteiger partial charge on any atom is 0.337 e. The summed E-state index contributed by atoms with van der Waals surface area (Å²) in [7, 11) is 1.45. The van der Waals surface area contributed by atoms with Crippen molar-refractivity contribution >= 4 is 16.9 Å². The van der Waals surface area contributed by atoms with E-state index in [-0.39, 0.29) is 5.97 Å². The SMILES string of the molecule is CC[C@H]1C[C@H]2C[C@H]3c4[nH]c5ccc(C(=O)OC)cc5c4CCN(C2)C13. The molecule has 2 unspecified atom stereocenters. The predicted molar refractivity (Wildman–Crippen MR) is 97.9 cm³/mol. The molecular formula is C21H26N2O2. The first-order valence-corrected chi connectivity index (χ1v) is 9.66. The van der Waals surface area contributed by atoms with Gasteiger partial charge in [0.15, 0.2) is 0 Å². The van der Waals surface area contributed by atoms with E-state index in [0.717, 1.165) is 24.8 Å². The zero-order valence-electron chi connectivity index (χ0n) is 15.0. The molecule has 0 radical (unpaired) electrons. The second-order valence-electron chi connectivity index (χ2n) is 8.12. The van der Waals surface area contributed by atoms with E-state index >= 15 is 0 Å². The van der Waals surface area contributed by atoms with E-state index in [1.807, 2.05) is 18.2 Å². The number of carbonyl (C=O) groups is 1. The molecule has 132 valence electrons. The highest BCUT2D eigenvalue weighted by Crippen LogP contribution is 2.51. The van der Waals surface area contributed by atoms with Crippen molar-refractivity contribution in [1.29, 1.82) is 0 Å². The summed E-state index contributed by atoms with van der Waals surface area (Å²) in [4.78, 5) is 18.5. The quantitative estimate of drug-likeness (QED) is 0.849. The molecule has 1 aromatic carbocycles. The fourth-order valence-corrected chi connectivity index (χ4v) is 5.94. The molecule has 25 heavy (non-hydrogen) atoms. The van der Waals surface area contributed by atoms with Crippen LogP contribution in [0, 0.1) is 11.8 Å². The van der Waals surface area contributed by atoms with Crippen LogP contribution in [0.4, 0.5) is 0 Å². The summed E-state index contributed by atoms with van der Waals surface area (Å²) >= 11 is 0. The molecule has 1 aliphatic carbocycles. The smallest absolute Gasteiger partial charge is 0.337 e. The molecule has 1 N–H and O–H groups in total. The number of piperidine rings is 2. The highest BCUT2D eigenvalue weighted by atomic mass is 16.5. The van der Waals surface area contributed by atoms with Crippen LogP contribution in [0.15, 0.2) is 18.2 Å². The zero-order chi connectivity index (χ0) is 17.1. The number of benzene rings is 1. The van der Waals surface area contributed by atoms with Gasteiger partial charge in [-0.1, -0.05) is 13.3 Å². The lowest BCUT2D eigenvalue weighted by atomic mass is 9.65. The number of hydrogen-bond acceptors (Lipinski definition) is 3. The van der Waals surface area contributed by atoms with Crippen LogP contribution in [0.3, 0.4) is 0 Å². The maximum atomic E-state index is 11.9. The minimum absolute atomic E-state index is 0.252. The molecule has 4 heteroatoms. The van der Waals surface area contributed by atoms with E-state index in [1.54, 1.807) is 0 Å². The third-order valence-electron chi connectivity index (χ3n) is 6.94. The van der Waals surface area contributed by atoms with E-state index < -0.39 is 0 Å².